The lowest BCUT2D eigenvalue weighted by Crippen LogP contribution is -2.26. The van der Waals surface area contributed by atoms with E-state index < -0.39 is 5.97 Å². The van der Waals surface area contributed by atoms with Crippen LogP contribution in [-0.2, 0) is 6.54 Å². The van der Waals surface area contributed by atoms with E-state index in [4.69, 9.17) is 9.52 Å². The van der Waals surface area contributed by atoms with Crippen LogP contribution in [0.5, 0.6) is 0 Å². The van der Waals surface area contributed by atoms with E-state index in [9.17, 15) is 4.79 Å². The third-order valence-electron chi connectivity index (χ3n) is 2.12. The first kappa shape index (κ1) is 12.8. The Balaban J connectivity index is 2.56. The predicted octanol–water partition coefficient (Wildman–Crippen LogP) is 2.42. The summed E-state index contributed by atoms with van der Waals surface area (Å²) in [6.45, 7) is 9.56. The smallest absolute Gasteiger partial charge is 0.372 e. The fourth-order valence-corrected chi connectivity index (χ4v) is 1.41. The van der Waals surface area contributed by atoms with Gasteiger partial charge in [0, 0.05) is 12.1 Å². The highest BCUT2D eigenvalue weighted by Crippen LogP contribution is 2.15. The lowest BCUT2D eigenvalue weighted by atomic mass is 9.97. The van der Waals surface area contributed by atoms with Crippen LogP contribution in [0, 0.1) is 12.3 Å². The van der Waals surface area contributed by atoms with Crippen molar-refractivity contribution in [2.45, 2.75) is 34.2 Å². The average Bonchev–Trinajstić information content (AvgIpc) is 2.44. The van der Waals surface area contributed by atoms with Crippen LogP contribution in [0.25, 0.3) is 0 Å². The Morgan fingerprint density at radius 2 is 2.12 bits per heavy atom. The van der Waals surface area contributed by atoms with E-state index in [1.165, 1.54) is 0 Å². The van der Waals surface area contributed by atoms with Crippen LogP contribution >= 0.6 is 0 Å². The number of rotatable bonds is 4. The molecule has 0 spiro atoms. The van der Waals surface area contributed by atoms with Crippen LogP contribution in [0.4, 0.5) is 0 Å². The molecule has 16 heavy (non-hydrogen) atoms. The molecule has 1 aromatic heterocycles. The van der Waals surface area contributed by atoms with Crippen LogP contribution in [0.15, 0.2) is 10.5 Å². The fourth-order valence-electron chi connectivity index (χ4n) is 1.41. The van der Waals surface area contributed by atoms with Gasteiger partial charge < -0.3 is 14.8 Å². The van der Waals surface area contributed by atoms with E-state index >= 15 is 0 Å². The fraction of sp³-hybridized carbons (Fsp3) is 0.583. The van der Waals surface area contributed by atoms with Crippen molar-refractivity contribution in [3.63, 3.8) is 0 Å². The Bertz CT molecular complexity index is 374. The molecule has 1 rings (SSSR count). The molecule has 0 aromatic carbocycles. The molecule has 90 valence electrons. The minimum absolute atomic E-state index is 0.0348. The van der Waals surface area contributed by atoms with Crippen LogP contribution in [0.2, 0.25) is 0 Å². The zero-order valence-electron chi connectivity index (χ0n) is 10.3. The molecule has 0 amide bonds. The number of carbonyl (C=O) groups is 1. The summed E-state index contributed by atoms with van der Waals surface area (Å²) < 4.78 is 5.23. The minimum Gasteiger partial charge on any atom is -0.475 e. The van der Waals surface area contributed by atoms with Crippen LogP contribution < -0.4 is 5.32 Å². The molecule has 0 atom stereocenters. The molecule has 0 aliphatic heterocycles. The van der Waals surface area contributed by atoms with Gasteiger partial charge in [-0.1, -0.05) is 20.8 Å². The van der Waals surface area contributed by atoms with Gasteiger partial charge in [0.25, 0.3) is 0 Å². The quantitative estimate of drug-likeness (QED) is 0.826. The molecule has 1 heterocycles. The second-order valence-corrected chi connectivity index (χ2v) is 5.19. The van der Waals surface area contributed by atoms with Crippen molar-refractivity contribution in [3.05, 3.63) is 23.2 Å². The number of nitrogens with one attached hydrogen (secondary N) is 1. The van der Waals surface area contributed by atoms with Gasteiger partial charge in [0.2, 0.25) is 5.76 Å². The first-order valence-electron chi connectivity index (χ1n) is 5.33. The van der Waals surface area contributed by atoms with E-state index in [1.54, 1.807) is 13.0 Å². The predicted molar refractivity (Wildman–Crippen MR) is 61.6 cm³/mol. The molecule has 4 nitrogen and oxygen atoms in total. The normalized spacial score (nSPS) is 11.8. The highest BCUT2D eigenvalue weighted by molar-refractivity contribution is 5.86. The molecule has 2 N–H and O–H groups in total. The van der Waals surface area contributed by atoms with Gasteiger partial charge in [-0.3, -0.25) is 0 Å². The Hall–Kier alpha value is -1.29. The monoisotopic (exact) mass is 225 g/mol. The first-order chi connectivity index (χ1) is 7.29. The number of hydrogen-bond donors (Lipinski definition) is 2. The molecule has 0 bridgehead atoms. The van der Waals surface area contributed by atoms with Gasteiger partial charge in [-0.25, -0.2) is 4.79 Å². The molecule has 0 unspecified atom stereocenters. The van der Waals surface area contributed by atoms with Crippen LogP contribution in [-0.4, -0.2) is 17.6 Å². The second kappa shape index (κ2) is 4.70. The molecule has 1 aromatic rings. The molecule has 0 aliphatic carbocycles. The summed E-state index contributed by atoms with van der Waals surface area (Å²) in [6.07, 6.45) is 0. The Kier molecular flexibility index (Phi) is 3.75. The Labute approximate surface area is 95.7 Å². The van der Waals surface area contributed by atoms with Gasteiger partial charge >= 0.3 is 5.97 Å². The summed E-state index contributed by atoms with van der Waals surface area (Å²) >= 11 is 0. The van der Waals surface area contributed by atoms with Gasteiger partial charge in [0.15, 0.2) is 0 Å². The first-order valence-corrected chi connectivity index (χ1v) is 5.33. The number of furan rings is 1. The third kappa shape index (κ3) is 3.70. The number of hydrogen-bond acceptors (Lipinski definition) is 3. The minimum atomic E-state index is -1.01. The Morgan fingerprint density at radius 1 is 1.50 bits per heavy atom. The molecular weight excluding hydrogens is 206 g/mol. The lowest BCUT2D eigenvalue weighted by molar-refractivity contribution is 0.0659. The van der Waals surface area contributed by atoms with Crippen LogP contribution in [0.1, 0.15) is 42.6 Å². The topological polar surface area (TPSA) is 62.5 Å². The largest absolute Gasteiger partial charge is 0.475 e. The zero-order chi connectivity index (χ0) is 12.3. The third-order valence-corrected chi connectivity index (χ3v) is 2.12. The molecule has 0 fully saturated rings. The van der Waals surface area contributed by atoms with Crippen molar-refractivity contribution in [2.75, 3.05) is 6.54 Å². The molecule has 4 heteroatoms. The van der Waals surface area contributed by atoms with Gasteiger partial charge in [0.1, 0.15) is 5.76 Å². The zero-order valence-corrected chi connectivity index (χ0v) is 10.3. The van der Waals surface area contributed by atoms with Crippen molar-refractivity contribution in [1.82, 2.24) is 5.32 Å². The molecule has 0 saturated heterocycles. The maximum atomic E-state index is 10.8. The molecule has 0 radical (unpaired) electrons. The van der Waals surface area contributed by atoms with Crippen molar-refractivity contribution in [2.24, 2.45) is 5.41 Å². The SMILES string of the molecule is Cc1cc(CNCC(C)(C)C)oc1C(=O)O. The summed E-state index contributed by atoms with van der Waals surface area (Å²) in [4.78, 5) is 10.8. The van der Waals surface area contributed by atoms with E-state index in [-0.39, 0.29) is 11.2 Å². The van der Waals surface area contributed by atoms with E-state index in [2.05, 4.69) is 26.1 Å². The standard InChI is InChI=1S/C12H19NO3/c1-8-5-9(16-10(8)11(14)15)6-13-7-12(2,3)4/h5,13H,6-7H2,1-4H3,(H,14,15). The van der Waals surface area contributed by atoms with Crippen molar-refractivity contribution in [3.8, 4) is 0 Å². The second-order valence-electron chi connectivity index (χ2n) is 5.19. The molecular formula is C12H19NO3. The highest BCUT2D eigenvalue weighted by atomic mass is 16.4. The summed E-state index contributed by atoms with van der Waals surface area (Å²) in [6, 6.07) is 1.76. The molecule has 0 aliphatic rings. The van der Waals surface area contributed by atoms with Gasteiger partial charge in [0.05, 0.1) is 6.54 Å². The summed E-state index contributed by atoms with van der Waals surface area (Å²) in [5.74, 6) is -0.314. The van der Waals surface area contributed by atoms with Crippen molar-refractivity contribution in [1.29, 1.82) is 0 Å². The van der Waals surface area contributed by atoms with Gasteiger partial charge in [-0.15, -0.1) is 0 Å². The van der Waals surface area contributed by atoms with Crippen LogP contribution in [0.3, 0.4) is 0 Å². The van der Waals surface area contributed by atoms with Crippen molar-refractivity contribution >= 4 is 5.97 Å². The Morgan fingerprint density at radius 3 is 2.56 bits per heavy atom. The number of carboxylic acid groups (broad SMARTS) is 1. The summed E-state index contributed by atoms with van der Waals surface area (Å²) in [5, 5.41) is 12.1. The maximum Gasteiger partial charge on any atom is 0.372 e. The van der Waals surface area contributed by atoms with Gasteiger partial charge in [-0.2, -0.15) is 0 Å². The average molecular weight is 225 g/mol. The number of aromatic carboxylic acids is 1. The van der Waals surface area contributed by atoms with E-state index in [0.717, 1.165) is 6.54 Å². The summed E-state index contributed by atoms with van der Waals surface area (Å²) in [5.41, 5.74) is 0.872. The van der Waals surface area contributed by atoms with Gasteiger partial charge in [-0.05, 0) is 18.4 Å². The highest BCUT2D eigenvalue weighted by Gasteiger charge is 2.15. The molecule has 0 saturated carbocycles. The number of carboxylic acids is 1. The lowest BCUT2D eigenvalue weighted by Gasteiger charge is -2.18. The summed E-state index contributed by atoms with van der Waals surface area (Å²) in [7, 11) is 0. The van der Waals surface area contributed by atoms with E-state index in [0.29, 0.717) is 17.9 Å². The van der Waals surface area contributed by atoms with E-state index in [1.807, 2.05) is 0 Å². The maximum absolute atomic E-state index is 10.8. The number of aryl methyl sites for hydroxylation is 1. The van der Waals surface area contributed by atoms with Crippen molar-refractivity contribution < 1.29 is 14.3 Å².